The van der Waals surface area contributed by atoms with E-state index in [9.17, 15) is 9.90 Å². The summed E-state index contributed by atoms with van der Waals surface area (Å²) in [6, 6.07) is 4.93. The number of hydrogen-bond donors (Lipinski definition) is 1. The molecule has 7 nitrogen and oxygen atoms in total. The van der Waals surface area contributed by atoms with E-state index >= 15 is 0 Å². The highest BCUT2D eigenvalue weighted by Gasteiger charge is 2.31. The summed E-state index contributed by atoms with van der Waals surface area (Å²) < 4.78 is 0.839. The largest absolute Gasteiger partial charge is 0.508 e. The Kier molecular flexibility index (Phi) is 3.17. The van der Waals surface area contributed by atoms with Crippen LogP contribution in [0.15, 0.2) is 23.3 Å². The molecule has 2 aromatic rings. The van der Waals surface area contributed by atoms with Crippen molar-refractivity contribution in [2.75, 3.05) is 18.0 Å². The molecule has 0 bridgehead atoms. The molecule has 102 valence electrons. The van der Waals surface area contributed by atoms with E-state index < -0.39 is 0 Å². The lowest BCUT2D eigenvalue weighted by Crippen LogP contribution is -2.24. The Bertz CT molecular complexity index is 722. The maximum absolute atomic E-state index is 12.0. The first-order valence-corrected chi connectivity index (χ1v) is 6.90. The number of carbonyl (C=O) groups excluding carboxylic acids is 1. The van der Waals surface area contributed by atoms with Gasteiger partial charge in [0, 0.05) is 24.4 Å². The summed E-state index contributed by atoms with van der Waals surface area (Å²) in [6.07, 6.45) is 0.375. The van der Waals surface area contributed by atoms with E-state index in [2.05, 4.69) is 15.0 Å². The number of nitrogens with zero attached hydrogens (tertiary/aromatic N) is 5. The van der Waals surface area contributed by atoms with Gasteiger partial charge in [-0.25, -0.2) is 4.98 Å². The van der Waals surface area contributed by atoms with E-state index in [1.54, 1.807) is 23.1 Å². The molecule has 1 aromatic heterocycles. The monoisotopic (exact) mass is 289 g/mol. The zero-order chi connectivity index (χ0) is 14.1. The summed E-state index contributed by atoms with van der Waals surface area (Å²) in [5, 5.41) is 13.6. The van der Waals surface area contributed by atoms with E-state index in [0.717, 1.165) is 10.2 Å². The second kappa shape index (κ2) is 4.99. The van der Waals surface area contributed by atoms with Crippen molar-refractivity contribution in [2.24, 2.45) is 11.0 Å². The minimum atomic E-state index is -0.00795. The minimum Gasteiger partial charge on any atom is -0.508 e. The van der Waals surface area contributed by atoms with Crippen LogP contribution in [0.2, 0.25) is 0 Å². The third kappa shape index (κ3) is 2.26. The Balaban J connectivity index is 1.87. The number of aromatic hydroxyl groups is 1. The van der Waals surface area contributed by atoms with Gasteiger partial charge in [0.15, 0.2) is 5.13 Å². The lowest BCUT2D eigenvalue weighted by molar-refractivity contribution is -0.117. The third-order valence-electron chi connectivity index (χ3n) is 3.20. The van der Waals surface area contributed by atoms with Crippen molar-refractivity contribution >= 4 is 32.6 Å². The van der Waals surface area contributed by atoms with Crippen molar-refractivity contribution in [2.45, 2.75) is 6.42 Å². The number of anilines is 1. The van der Waals surface area contributed by atoms with E-state index in [0.29, 0.717) is 24.6 Å². The fourth-order valence-corrected chi connectivity index (χ4v) is 3.28. The molecule has 0 spiro atoms. The van der Waals surface area contributed by atoms with Crippen molar-refractivity contribution in [1.29, 1.82) is 0 Å². The van der Waals surface area contributed by atoms with Gasteiger partial charge in [-0.3, -0.25) is 9.69 Å². The first kappa shape index (κ1) is 12.7. The molecular weight excluding hydrogens is 278 g/mol. The lowest BCUT2D eigenvalue weighted by Gasteiger charge is -2.11. The number of hydrogen-bond acceptors (Lipinski definition) is 5. The fourth-order valence-electron chi connectivity index (χ4n) is 2.26. The number of fused-ring (bicyclic) bond motifs is 1. The fraction of sp³-hybridized carbons (Fsp3) is 0.333. The number of benzene rings is 1. The number of rotatable bonds is 3. The van der Waals surface area contributed by atoms with Crippen LogP contribution in [0.1, 0.15) is 6.42 Å². The molecule has 2 heterocycles. The molecule has 20 heavy (non-hydrogen) atoms. The molecule has 1 fully saturated rings. The Morgan fingerprint density at radius 1 is 1.60 bits per heavy atom. The van der Waals surface area contributed by atoms with Gasteiger partial charge in [0.2, 0.25) is 5.91 Å². The number of azide groups is 1. The molecule has 1 saturated heterocycles. The number of amides is 1. The van der Waals surface area contributed by atoms with E-state index in [1.165, 1.54) is 11.3 Å². The van der Waals surface area contributed by atoms with Crippen molar-refractivity contribution in [3.8, 4) is 5.75 Å². The lowest BCUT2D eigenvalue weighted by atomic mass is 10.1. The molecule has 1 aliphatic heterocycles. The van der Waals surface area contributed by atoms with Crippen LogP contribution in [-0.4, -0.2) is 29.1 Å². The summed E-state index contributed by atoms with van der Waals surface area (Å²) in [7, 11) is 0. The number of thiazole rings is 1. The standard InChI is InChI=1S/C12H11N5O2S/c13-16-14-5-7-3-11(19)17(6-7)12-15-9-2-1-8(18)4-10(9)20-12/h1-2,4,7,18H,3,5-6H2. The van der Waals surface area contributed by atoms with Crippen LogP contribution in [0.4, 0.5) is 5.13 Å². The van der Waals surface area contributed by atoms with E-state index in [4.69, 9.17) is 5.53 Å². The molecule has 1 aliphatic rings. The highest BCUT2D eigenvalue weighted by molar-refractivity contribution is 7.22. The first-order chi connectivity index (χ1) is 9.67. The molecule has 0 aliphatic carbocycles. The molecule has 1 amide bonds. The smallest absolute Gasteiger partial charge is 0.229 e. The number of aromatic nitrogens is 1. The maximum atomic E-state index is 12.0. The SMILES string of the molecule is [N-]=[N+]=NCC1CC(=O)N(c2nc3ccc(O)cc3s2)C1. The summed E-state index contributed by atoms with van der Waals surface area (Å²) in [6.45, 7) is 0.841. The summed E-state index contributed by atoms with van der Waals surface area (Å²) in [5.41, 5.74) is 9.08. The van der Waals surface area contributed by atoms with E-state index in [-0.39, 0.29) is 17.6 Å². The minimum absolute atomic E-state index is 0.00795. The second-order valence-corrected chi connectivity index (χ2v) is 5.65. The Hall–Kier alpha value is -2.31. The van der Waals surface area contributed by atoms with Gasteiger partial charge >= 0.3 is 0 Å². The zero-order valence-corrected chi connectivity index (χ0v) is 11.2. The molecule has 1 unspecified atom stereocenters. The van der Waals surface area contributed by atoms with Crippen LogP contribution >= 0.6 is 11.3 Å². The van der Waals surface area contributed by atoms with Gasteiger partial charge < -0.3 is 5.11 Å². The number of phenolic OH excluding ortho intramolecular Hbond substituents is 1. The molecule has 0 radical (unpaired) electrons. The topological polar surface area (TPSA) is 102 Å². The van der Waals surface area contributed by atoms with Crippen molar-refractivity contribution in [3.05, 3.63) is 28.6 Å². The Labute approximate surface area is 118 Å². The van der Waals surface area contributed by atoms with Crippen LogP contribution in [0, 0.1) is 5.92 Å². The maximum Gasteiger partial charge on any atom is 0.229 e. The predicted molar refractivity (Wildman–Crippen MR) is 75.8 cm³/mol. The molecular formula is C12H11N5O2S. The van der Waals surface area contributed by atoms with Crippen LogP contribution in [0.3, 0.4) is 0 Å². The number of carbonyl (C=O) groups is 1. The molecule has 3 rings (SSSR count). The van der Waals surface area contributed by atoms with Gasteiger partial charge in [-0.2, -0.15) is 0 Å². The summed E-state index contributed by atoms with van der Waals surface area (Å²) in [4.78, 5) is 20.8. The van der Waals surface area contributed by atoms with Crippen LogP contribution < -0.4 is 4.90 Å². The molecule has 1 atom stereocenters. The quantitative estimate of drug-likeness (QED) is 0.533. The average Bonchev–Trinajstić information content (AvgIpc) is 2.99. The van der Waals surface area contributed by atoms with Crippen LogP contribution in [-0.2, 0) is 4.79 Å². The van der Waals surface area contributed by atoms with Gasteiger partial charge in [-0.1, -0.05) is 16.5 Å². The first-order valence-electron chi connectivity index (χ1n) is 6.08. The number of phenols is 1. The van der Waals surface area contributed by atoms with Gasteiger partial charge in [-0.15, -0.1) is 0 Å². The van der Waals surface area contributed by atoms with Crippen LogP contribution in [0.5, 0.6) is 5.75 Å². The zero-order valence-electron chi connectivity index (χ0n) is 10.4. The van der Waals surface area contributed by atoms with E-state index in [1.807, 2.05) is 0 Å². The average molecular weight is 289 g/mol. The van der Waals surface area contributed by atoms with Gasteiger partial charge in [-0.05, 0) is 29.6 Å². The Morgan fingerprint density at radius 2 is 2.45 bits per heavy atom. The molecule has 1 N–H and O–H groups in total. The Morgan fingerprint density at radius 3 is 3.25 bits per heavy atom. The summed E-state index contributed by atoms with van der Waals surface area (Å²) >= 11 is 1.37. The highest BCUT2D eigenvalue weighted by Crippen LogP contribution is 2.34. The molecule has 0 saturated carbocycles. The summed E-state index contributed by atoms with van der Waals surface area (Å²) in [5.74, 6) is 0.215. The van der Waals surface area contributed by atoms with Gasteiger partial charge in [0.25, 0.3) is 0 Å². The van der Waals surface area contributed by atoms with Crippen LogP contribution in [0.25, 0.3) is 20.7 Å². The molecule has 8 heteroatoms. The predicted octanol–water partition coefficient (Wildman–Crippen LogP) is 2.67. The third-order valence-corrected chi connectivity index (χ3v) is 4.24. The normalized spacial score (nSPS) is 18.5. The van der Waals surface area contributed by atoms with Crippen molar-refractivity contribution < 1.29 is 9.90 Å². The van der Waals surface area contributed by atoms with Gasteiger partial charge in [0.05, 0.1) is 10.2 Å². The van der Waals surface area contributed by atoms with Gasteiger partial charge in [0.1, 0.15) is 5.75 Å². The highest BCUT2D eigenvalue weighted by atomic mass is 32.1. The van der Waals surface area contributed by atoms with Crippen molar-refractivity contribution in [1.82, 2.24) is 4.98 Å². The van der Waals surface area contributed by atoms with Crippen molar-refractivity contribution in [3.63, 3.8) is 0 Å². The molecule has 1 aromatic carbocycles. The second-order valence-electron chi connectivity index (χ2n) is 4.64.